The van der Waals surface area contributed by atoms with E-state index in [4.69, 9.17) is 4.74 Å². The van der Waals surface area contributed by atoms with Crippen molar-refractivity contribution in [3.63, 3.8) is 0 Å². The Balaban J connectivity index is 1.52. The Labute approximate surface area is 170 Å². The number of pyridine rings is 1. The summed E-state index contributed by atoms with van der Waals surface area (Å²) in [5.41, 5.74) is 5.24. The number of nitrogens with one attached hydrogen (secondary N) is 1. The van der Waals surface area contributed by atoms with Gasteiger partial charge in [-0.15, -0.1) is 0 Å². The van der Waals surface area contributed by atoms with E-state index in [1.54, 1.807) is 0 Å². The molecule has 1 aromatic carbocycles. The van der Waals surface area contributed by atoms with Crippen molar-refractivity contribution < 1.29 is 4.74 Å². The minimum Gasteiger partial charge on any atom is -0.490 e. The van der Waals surface area contributed by atoms with Crippen molar-refractivity contribution in [1.82, 2.24) is 15.2 Å². The number of aryl methyl sites for hydroxylation is 2. The van der Waals surface area contributed by atoms with Gasteiger partial charge in [-0.3, -0.25) is 4.98 Å². The van der Waals surface area contributed by atoms with E-state index in [1.165, 1.54) is 23.1 Å². The van der Waals surface area contributed by atoms with Gasteiger partial charge in [-0.05, 0) is 81.9 Å². The predicted octanol–water partition coefficient (Wildman–Crippen LogP) is 3.97. The predicted molar refractivity (Wildman–Crippen MR) is 116 cm³/mol. The summed E-state index contributed by atoms with van der Waals surface area (Å²) >= 11 is 0. The Bertz CT molecular complexity index is 738. The molecule has 1 N–H and O–H groups in total. The molecule has 1 aliphatic heterocycles. The van der Waals surface area contributed by atoms with Crippen LogP contribution in [0.25, 0.3) is 0 Å². The average Bonchev–Trinajstić information content (AvgIpc) is 2.65. The lowest BCUT2D eigenvalue weighted by Crippen LogP contribution is -2.46. The average molecular weight is 382 g/mol. The molecule has 0 radical (unpaired) electrons. The molecule has 28 heavy (non-hydrogen) atoms. The molecule has 1 fully saturated rings. The van der Waals surface area contributed by atoms with Crippen molar-refractivity contribution in [1.29, 1.82) is 0 Å². The van der Waals surface area contributed by atoms with E-state index < -0.39 is 0 Å². The molecular weight excluding hydrogens is 346 g/mol. The van der Waals surface area contributed by atoms with Gasteiger partial charge in [0.15, 0.2) is 0 Å². The van der Waals surface area contributed by atoms with Crippen molar-refractivity contribution in [2.24, 2.45) is 0 Å². The number of ether oxygens (including phenoxy) is 1. The highest BCUT2D eigenvalue weighted by atomic mass is 16.5. The molecule has 3 rings (SSSR count). The molecule has 0 bridgehead atoms. The normalized spacial score (nSPS) is 17.4. The smallest absolute Gasteiger partial charge is 0.137 e. The second kappa shape index (κ2) is 10.0. The topological polar surface area (TPSA) is 37.4 Å². The lowest BCUT2D eigenvalue weighted by Gasteiger charge is -2.27. The zero-order chi connectivity index (χ0) is 19.9. The minimum atomic E-state index is 0.505. The fraction of sp³-hybridized carbons (Fsp3) is 0.542. The number of hydrogen-bond acceptors (Lipinski definition) is 4. The summed E-state index contributed by atoms with van der Waals surface area (Å²) in [6.07, 6.45) is 6.31. The highest BCUT2D eigenvalue weighted by molar-refractivity contribution is 5.30. The van der Waals surface area contributed by atoms with Crippen LogP contribution in [-0.2, 0) is 12.8 Å². The van der Waals surface area contributed by atoms with Gasteiger partial charge in [0.25, 0.3) is 0 Å². The summed E-state index contributed by atoms with van der Waals surface area (Å²) in [5.74, 6) is 1.43. The van der Waals surface area contributed by atoms with Crippen LogP contribution in [-0.4, -0.2) is 49.7 Å². The molecule has 2 atom stereocenters. The highest BCUT2D eigenvalue weighted by Gasteiger charge is 2.17. The van der Waals surface area contributed by atoms with Crippen molar-refractivity contribution in [2.45, 2.75) is 51.5 Å². The van der Waals surface area contributed by atoms with Crippen LogP contribution in [0.5, 0.6) is 5.75 Å². The van der Waals surface area contributed by atoms with Crippen LogP contribution in [0.1, 0.15) is 48.1 Å². The molecule has 0 aliphatic carbocycles. The van der Waals surface area contributed by atoms with E-state index >= 15 is 0 Å². The van der Waals surface area contributed by atoms with Crippen molar-refractivity contribution >= 4 is 0 Å². The molecule has 0 saturated carbocycles. The standard InChI is InChI=1S/C24H35N3O/c1-18(21-9-6-20(7-10-21)12-14-27(3)4)5-8-22-15-24(16-26-19(22)2)28-17-23-11-13-25-23/h6-7,9-10,15-16,18,23,25H,5,8,11-14,17H2,1-4H3/t18-,23+/m1/s1. The lowest BCUT2D eigenvalue weighted by atomic mass is 9.93. The third-order valence-electron chi connectivity index (χ3n) is 5.79. The van der Waals surface area contributed by atoms with Gasteiger partial charge >= 0.3 is 0 Å². The van der Waals surface area contributed by atoms with E-state index in [0.717, 1.165) is 50.4 Å². The van der Waals surface area contributed by atoms with Gasteiger partial charge in [-0.25, -0.2) is 0 Å². The Kier molecular flexibility index (Phi) is 7.46. The van der Waals surface area contributed by atoms with E-state index in [0.29, 0.717) is 12.0 Å². The molecule has 152 valence electrons. The van der Waals surface area contributed by atoms with Crippen molar-refractivity contribution in [3.8, 4) is 5.75 Å². The summed E-state index contributed by atoms with van der Waals surface area (Å²) in [6, 6.07) is 11.8. The first-order valence-electron chi connectivity index (χ1n) is 10.6. The van der Waals surface area contributed by atoms with E-state index in [9.17, 15) is 0 Å². The van der Waals surface area contributed by atoms with Gasteiger partial charge in [0.1, 0.15) is 12.4 Å². The second-order valence-corrected chi connectivity index (χ2v) is 8.40. The Morgan fingerprint density at radius 2 is 1.96 bits per heavy atom. The number of rotatable bonds is 10. The Morgan fingerprint density at radius 1 is 1.21 bits per heavy atom. The van der Waals surface area contributed by atoms with Gasteiger partial charge in [0.2, 0.25) is 0 Å². The summed E-state index contributed by atoms with van der Waals surface area (Å²) in [5, 5.41) is 3.37. The Hall–Kier alpha value is -1.91. The molecule has 4 nitrogen and oxygen atoms in total. The number of likely N-dealkylation sites (N-methyl/N-ethyl adjacent to an activating group) is 1. The van der Waals surface area contributed by atoms with Gasteiger partial charge in [0.05, 0.1) is 6.20 Å². The van der Waals surface area contributed by atoms with Crippen LogP contribution < -0.4 is 10.1 Å². The molecule has 4 heteroatoms. The molecule has 0 unspecified atom stereocenters. The maximum atomic E-state index is 5.92. The van der Waals surface area contributed by atoms with Crippen LogP contribution in [0.15, 0.2) is 36.5 Å². The number of benzene rings is 1. The Morgan fingerprint density at radius 3 is 2.61 bits per heavy atom. The van der Waals surface area contributed by atoms with Gasteiger partial charge in [-0.2, -0.15) is 0 Å². The molecule has 2 heterocycles. The molecule has 2 aromatic rings. The SMILES string of the molecule is Cc1ncc(OC[C@@H]2CCN2)cc1CC[C@@H](C)c1ccc(CCN(C)C)cc1. The van der Waals surface area contributed by atoms with Crippen LogP contribution in [0.3, 0.4) is 0 Å². The summed E-state index contributed by atoms with van der Waals surface area (Å²) in [4.78, 5) is 6.78. The summed E-state index contributed by atoms with van der Waals surface area (Å²) in [6.45, 7) is 7.36. The fourth-order valence-electron chi connectivity index (χ4n) is 3.48. The molecule has 1 saturated heterocycles. The van der Waals surface area contributed by atoms with Crippen LogP contribution in [0.2, 0.25) is 0 Å². The van der Waals surface area contributed by atoms with Crippen molar-refractivity contribution in [2.75, 3.05) is 33.8 Å². The number of nitrogens with zero attached hydrogens (tertiary/aromatic N) is 2. The van der Waals surface area contributed by atoms with Crippen LogP contribution in [0.4, 0.5) is 0 Å². The third-order valence-corrected chi connectivity index (χ3v) is 5.79. The molecule has 0 spiro atoms. The molecular formula is C24H35N3O. The van der Waals surface area contributed by atoms with Gasteiger partial charge in [0, 0.05) is 18.3 Å². The van der Waals surface area contributed by atoms with E-state index in [2.05, 4.69) is 73.5 Å². The number of aromatic nitrogens is 1. The fourth-order valence-corrected chi connectivity index (χ4v) is 3.48. The van der Waals surface area contributed by atoms with Gasteiger partial charge < -0.3 is 15.0 Å². The zero-order valence-electron chi connectivity index (χ0n) is 17.9. The third kappa shape index (κ3) is 6.05. The lowest BCUT2D eigenvalue weighted by molar-refractivity contribution is 0.216. The van der Waals surface area contributed by atoms with E-state index in [1.807, 2.05) is 6.20 Å². The quantitative estimate of drug-likeness (QED) is 0.676. The summed E-state index contributed by atoms with van der Waals surface area (Å²) in [7, 11) is 4.25. The maximum Gasteiger partial charge on any atom is 0.137 e. The minimum absolute atomic E-state index is 0.505. The van der Waals surface area contributed by atoms with Gasteiger partial charge in [-0.1, -0.05) is 31.2 Å². The van der Waals surface area contributed by atoms with E-state index in [-0.39, 0.29) is 0 Å². The zero-order valence-corrected chi connectivity index (χ0v) is 17.9. The number of hydrogen-bond donors (Lipinski definition) is 1. The second-order valence-electron chi connectivity index (χ2n) is 8.40. The molecule has 0 amide bonds. The van der Waals surface area contributed by atoms with Crippen LogP contribution >= 0.6 is 0 Å². The summed E-state index contributed by atoms with van der Waals surface area (Å²) < 4.78 is 5.92. The molecule has 1 aliphatic rings. The first-order valence-corrected chi connectivity index (χ1v) is 10.6. The largest absolute Gasteiger partial charge is 0.490 e. The molecule has 1 aromatic heterocycles. The monoisotopic (exact) mass is 381 g/mol. The maximum absolute atomic E-state index is 5.92. The van der Waals surface area contributed by atoms with Crippen LogP contribution in [0, 0.1) is 6.92 Å². The first-order chi connectivity index (χ1) is 13.5. The highest BCUT2D eigenvalue weighted by Crippen LogP contribution is 2.24. The first kappa shape index (κ1) is 20.8. The van der Waals surface area contributed by atoms with Crippen molar-refractivity contribution in [3.05, 3.63) is 58.9 Å².